The molecule has 0 spiro atoms. The predicted octanol–water partition coefficient (Wildman–Crippen LogP) is 4.05. The Balaban J connectivity index is 1.49. The average Bonchev–Trinajstić information content (AvgIpc) is 3.27. The zero-order valence-corrected chi connectivity index (χ0v) is 25.4. The van der Waals surface area contributed by atoms with Crippen LogP contribution in [0.15, 0.2) is 0 Å². The molecule has 0 aromatic rings. The Labute approximate surface area is 224 Å². The van der Waals surface area contributed by atoms with Gasteiger partial charge in [0.1, 0.15) is 15.7 Å². The highest BCUT2D eigenvalue weighted by Crippen LogP contribution is 2.45. The number of rotatable bonds is 12. The van der Waals surface area contributed by atoms with E-state index in [2.05, 4.69) is 78.0 Å². The van der Waals surface area contributed by atoms with Gasteiger partial charge in [-0.15, -0.1) is 0 Å². The molecule has 0 aromatic heterocycles. The minimum absolute atomic E-state index is 0.0368. The van der Waals surface area contributed by atoms with E-state index in [1.54, 1.807) is 0 Å². The van der Waals surface area contributed by atoms with E-state index in [0.717, 1.165) is 38.9 Å². The molecule has 0 aliphatic carbocycles. The first-order valence-electron chi connectivity index (χ1n) is 15.0. The van der Waals surface area contributed by atoms with Crippen LogP contribution in [0.1, 0.15) is 88.0 Å². The highest BCUT2D eigenvalue weighted by Gasteiger charge is 2.50. The fourth-order valence-corrected chi connectivity index (χ4v) is 8.05. The van der Waals surface area contributed by atoms with E-state index < -0.39 is 0 Å². The summed E-state index contributed by atoms with van der Waals surface area (Å²) < 4.78 is 31.9. The van der Waals surface area contributed by atoms with Crippen molar-refractivity contribution in [3.8, 4) is 0 Å². The minimum atomic E-state index is -0.274. The van der Waals surface area contributed by atoms with Crippen molar-refractivity contribution >= 4 is 15.7 Å². The van der Waals surface area contributed by atoms with E-state index in [9.17, 15) is 0 Å². The fourth-order valence-electron chi connectivity index (χ4n) is 8.05. The largest absolute Gasteiger partial charge is 0.381 e. The molecule has 36 heavy (non-hydrogen) atoms. The van der Waals surface area contributed by atoms with E-state index in [4.69, 9.17) is 23.7 Å². The highest BCUT2D eigenvalue weighted by molar-refractivity contribution is 6.11. The van der Waals surface area contributed by atoms with E-state index in [1.807, 2.05) is 0 Å². The minimum Gasteiger partial charge on any atom is -0.381 e. The second-order valence-corrected chi connectivity index (χ2v) is 13.2. The van der Waals surface area contributed by atoms with Gasteiger partial charge in [0.2, 0.25) is 0 Å². The summed E-state index contributed by atoms with van der Waals surface area (Å²) in [6.45, 7) is 23.3. The quantitative estimate of drug-likeness (QED) is 0.295. The lowest BCUT2D eigenvalue weighted by atomic mass is 9.74. The molecular formula is C29H56B2O5. The van der Waals surface area contributed by atoms with Gasteiger partial charge in [-0.1, -0.05) is 41.0 Å². The molecule has 0 amide bonds. The molecule has 5 nitrogen and oxygen atoms in total. The Kier molecular flexibility index (Phi) is 10.1. The molecule has 3 saturated heterocycles. The van der Waals surface area contributed by atoms with Gasteiger partial charge >= 0.3 is 0 Å². The summed E-state index contributed by atoms with van der Waals surface area (Å²) in [5.41, 5.74) is -0.494. The van der Waals surface area contributed by atoms with E-state index in [1.165, 1.54) is 0 Å². The normalized spacial score (nSPS) is 49.2. The second kappa shape index (κ2) is 12.0. The van der Waals surface area contributed by atoms with Crippen molar-refractivity contribution in [1.82, 2.24) is 0 Å². The van der Waals surface area contributed by atoms with Gasteiger partial charge in [0.15, 0.2) is 0 Å². The first-order chi connectivity index (χ1) is 16.8. The second-order valence-electron chi connectivity index (χ2n) is 13.2. The van der Waals surface area contributed by atoms with Crippen molar-refractivity contribution in [1.29, 1.82) is 0 Å². The molecule has 3 aliphatic rings. The molecule has 12 atom stereocenters. The van der Waals surface area contributed by atoms with Gasteiger partial charge in [-0.2, -0.15) is 0 Å². The lowest BCUT2D eigenvalue weighted by Gasteiger charge is -2.34. The molecule has 208 valence electrons. The van der Waals surface area contributed by atoms with E-state index >= 15 is 0 Å². The number of ether oxygens (including phenoxy) is 5. The summed E-state index contributed by atoms with van der Waals surface area (Å²) in [6, 6.07) is 0.551. The van der Waals surface area contributed by atoms with Crippen LogP contribution >= 0.6 is 0 Å². The molecule has 0 aromatic carbocycles. The van der Waals surface area contributed by atoms with Crippen LogP contribution < -0.4 is 0 Å². The van der Waals surface area contributed by atoms with Crippen LogP contribution in [-0.4, -0.2) is 77.0 Å². The van der Waals surface area contributed by atoms with Crippen molar-refractivity contribution in [2.45, 2.75) is 123 Å². The van der Waals surface area contributed by atoms with Crippen molar-refractivity contribution in [2.75, 3.05) is 26.4 Å². The van der Waals surface area contributed by atoms with Gasteiger partial charge in [-0.3, -0.25) is 0 Å². The highest BCUT2D eigenvalue weighted by atomic mass is 16.6. The molecular weight excluding hydrogens is 450 g/mol. The van der Waals surface area contributed by atoms with E-state index in [0.29, 0.717) is 60.8 Å². The fraction of sp³-hybridized carbons (Fsp3) is 1.00. The molecule has 3 fully saturated rings. The maximum atomic E-state index is 6.53. The summed E-state index contributed by atoms with van der Waals surface area (Å²) in [6.07, 6.45) is 4.51. The third-order valence-electron chi connectivity index (χ3n) is 10.9. The third-order valence-corrected chi connectivity index (χ3v) is 10.9. The summed E-state index contributed by atoms with van der Waals surface area (Å²) >= 11 is 0. The van der Waals surface area contributed by atoms with Gasteiger partial charge in [0.05, 0.1) is 36.1 Å². The third kappa shape index (κ3) is 6.06. The van der Waals surface area contributed by atoms with Crippen molar-refractivity contribution < 1.29 is 23.7 Å². The van der Waals surface area contributed by atoms with Gasteiger partial charge in [0, 0.05) is 25.2 Å². The summed E-state index contributed by atoms with van der Waals surface area (Å²) in [5, 5.41) is 0. The topological polar surface area (TPSA) is 46.2 Å². The number of hydrogen-bond donors (Lipinski definition) is 0. The molecule has 3 heterocycles. The molecule has 3 aliphatic heterocycles. The average molecular weight is 506 g/mol. The Bertz CT molecular complexity index is 711. The molecule has 0 bridgehead atoms. The van der Waals surface area contributed by atoms with Gasteiger partial charge in [-0.05, 0) is 82.5 Å². The zero-order valence-electron chi connectivity index (χ0n) is 25.4. The van der Waals surface area contributed by atoms with Crippen molar-refractivity contribution in [3.63, 3.8) is 0 Å². The molecule has 0 saturated carbocycles. The standard InChI is InChI=1S/C29H56B2O5/c1-10-22-18(3)21(6)34-28(22,8)16-32-15-13-24-20(5)26(31)36-29(24,9)17-33-14-12-23-19(4)25(30)35-27(23,7)11-2/h18-26H,10-17,30-31H2,1-9H3/t18?,19?,20?,21-,22+,23+,24+,25+,26+,27+,28+,29+/m0/s1. The van der Waals surface area contributed by atoms with Crippen LogP contribution in [-0.2, 0) is 23.7 Å². The van der Waals surface area contributed by atoms with Crippen LogP contribution in [0.2, 0.25) is 0 Å². The van der Waals surface area contributed by atoms with Crippen molar-refractivity contribution in [3.05, 3.63) is 0 Å². The van der Waals surface area contributed by atoms with Gasteiger partial charge in [-0.25, -0.2) is 0 Å². The monoisotopic (exact) mass is 506 g/mol. The zero-order chi connectivity index (χ0) is 26.9. The van der Waals surface area contributed by atoms with Crippen LogP contribution in [0.3, 0.4) is 0 Å². The molecule has 0 N–H and O–H groups in total. The Morgan fingerprint density at radius 2 is 1.08 bits per heavy atom. The first-order valence-corrected chi connectivity index (χ1v) is 15.0. The lowest BCUT2D eigenvalue weighted by Crippen LogP contribution is -2.41. The maximum absolute atomic E-state index is 6.53. The van der Waals surface area contributed by atoms with Crippen LogP contribution in [0.5, 0.6) is 0 Å². The summed E-state index contributed by atoms with van der Waals surface area (Å²) in [5.74, 6) is 3.12. The Hall–Kier alpha value is -0.0701. The molecule has 0 radical (unpaired) electrons. The van der Waals surface area contributed by atoms with Crippen LogP contribution in [0, 0.1) is 35.5 Å². The van der Waals surface area contributed by atoms with Gasteiger partial charge < -0.3 is 23.7 Å². The lowest BCUT2D eigenvalue weighted by molar-refractivity contribution is -0.103. The van der Waals surface area contributed by atoms with Crippen LogP contribution in [0.25, 0.3) is 0 Å². The SMILES string of the molecule is B[C@@H]1O[C@](C)(CC)[C@H](CCOC[C@@]2(C)O[C@@H](B)C(C)[C@H]2CCOC[C@@]2(C)O[C@@H](C)C(C)[C@H]2CC)C1C. The summed E-state index contributed by atoms with van der Waals surface area (Å²) in [4.78, 5) is 0. The predicted molar refractivity (Wildman–Crippen MR) is 152 cm³/mol. The Morgan fingerprint density at radius 1 is 0.639 bits per heavy atom. The molecule has 7 heteroatoms. The number of hydrogen-bond acceptors (Lipinski definition) is 5. The van der Waals surface area contributed by atoms with Crippen molar-refractivity contribution in [2.24, 2.45) is 35.5 Å². The maximum Gasteiger partial charge on any atom is 0.139 e. The summed E-state index contributed by atoms with van der Waals surface area (Å²) in [7, 11) is 4.42. The molecule has 3 unspecified atom stereocenters. The smallest absolute Gasteiger partial charge is 0.139 e. The van der Waals surface area contributed by atoms with E-state index in [-0.39, 0.29) is 22.8 Å². The van der Waals surface area contributed by atoms with Crippen LogP contribution in [0.4, 0.5) is 0 Å². The molecule has 3 rings (SSSR count). The first kappa shape index (κ1) is 30.5. The van der Waals surface area contributed by atoms with Gasteiger partial charge in [0.25, 0.3) is 0 Å². The Morgan fingerprint density at radius 3 is 1.56 bits per heavy atom.